The molecule has 0 spiro atoms. The summed E-state index contributed by atoms with van der Waals surface area (Å²) in [7, 11) is 0. The van der Waals surface area contributed by atoms with Crippen molar-refractivity contribution in [2.45, 2.75) is 91.2 Å². The zero-order valence-corrected chi connectivity index (χ0v) is 24.0. The maximum Gasteiger partial charge on any atom is 0.126 e. The van der Waals surface area contributed by atoms with E-state index in [1.165, 1.54) is 16.7 Å². The highest BCUT2D eigenvalue weighted by molar-refractivity contribution is 5.54. The predicted molar refractivity (Wildman–Crippen MR) is 154 cm³/mol. The highest BCUT2D eigenvalue weighted by atomic mass is 16.5. The molecular weight excluding hydrogens is 478 g/mol. The highest BCUT2D eigenvalue weighted by Gasteiger charge is 2.34. The van der Waals surface area contributed by atoms with Crippen LogP contribution in [0.15, 0.2) is 41.0 Å². The monoisotopic (exact) mass is 527 g/mol. The summed E-state index contributed by atoms with van der Waals surface area (Å²) in [6.07, 6.45) is 14.3. The molecule has 212 valence electrons. The number of benzene rings is 1. The van der Waals surface area contributed by atoms with Gasteiger partial charge in [0.05, 0.1) is 26.4 Å². The van der Waals surface area contributed by atoms with E-state index in [0.717, 1.165) is 101 Å². The number of aliphatic hydroxyl groups is 2. The molecule has 1 unspecified atom stereocenters. The van der Waals surface area contributed by atoms with Crippen LogP contribution in [0.5, 0.6) is 11.5 Å². The van der Waals surface area contributed by atoms with Gasteiger partial charge in [-0.3, -0.25) is 4.90 Å². The number of hydrogen-bond donors (Lipinski definition) is 3. The largest absolute Gasteiger partial charge is 0.508 e. The summed E-state index contributed by atoms with van der Waals surface area (Å²) >= 11 is 0. The van der Waals surface area contributed by atoms with Gasteiger partial charge in [-0.05, 0) is 96.3 Å². The first-order valence-electron chi connectivity index (χ1n) is 14.3. The Hall–Kier alpha value is -2.12. The third-order valence-electron chi connectivity index (χ3n) is 7.97. The number of rotatable bonds is 13. The third-order valence-corrected chi connectivity index (χ3v) is 7.97. The molecule has 0 amide bonds. The molecule has 0 saturated carbocycles. The maximum absolute atomic E-state index is 10.8. The van der Waals surface area contributed by atoms with Gasteiger partial charge < -0.3 is 24.8 Å². The minimum absolute atomic E-state index is 0.0704. The average molecular weight is 528 g/mol. The van der Waals surface area contributed by atoms with Crippen molar-refractivity contribution >= 4 is 0 Å². The van der Waals surface area contributed by atoms with E-state index in [-0.39, 0.29) is 18.8 Å². The first-order chi connectivity index (χ1) is 18.2. The average Bonchev–Trinajstić information content (AvgIpc) is 2.90. The molecule has 0 aromatic heterocycles. The molecule has 38 heavy (non-hydrogen) atoms. The van der Waals surface area contributed by atoms with Crippen molar-refractivity contribution in [1.82, 2.24) is 4.90 Å². The second-order valence-electron chi connectivity index (χ2n) is 11.3. The Morgan fingerprint density at radius 3 is 2.29 bits per heavy atom. The number of aromatic hydroxyl groups is 1. The van der Waals surface area contributed by atoms with Gasteiger partial charge in [0.15, 0.2) is 0 Å². The van der Waals surface area contributed by atoms with Crippen molar-refractivity contribution in [3.05, 3.63) is 57.7 Å². The summed E-state index contributed by atoms with van der Waals surface area (Å²) in [6, 6.07) is 1.87. The van der Waals surface area contributed by atoms with Crippen LogP contribution < -0.4 is 4.74 Å². The van der Waals surface area contributed by atoms with Crippen molar-refractivity contribution in [3.8, 4) is 11.5 Å². The van der Waals surface area contributed by atoms with Gasteiger partial charge in [-0.15, -0.1) is 0 Å². The minimum Gasteiger partial charge on any atom is -0.508 e. The summed E-state index contributed by atoms with van der Waals surface area (Å²) in [5, 5.41) is 29.0. The first-order valence-corrected chi connectivity index (χ1v) is 14.3. The van der Waals surface area contributed by atoms with Gasteiger partial charge in [-0.2, -0.15) is 0 Å². The van der Waals surface area contributed by atoms with Crippen LogP contribution in [0.2, 0.25) is 0 Å². The Morgan fingerprint density at radius 1 is 1.00 bits per heavy atom. The fourth-order valence-corrected chi connectivity index (χ4v) is 5.37. The van der Waals surface area contributed by atoms with Crippen molar-refractivity contribution in [2.24, 2.45) is 0 Å². The van der Waals surface area contributed by atoms with Crippen LogP contribution in [0.4, 0.5) is 0 Å². The van der Waals surface area contributed by atoms with E-state index in [2.05, 4.69) is 37.8 Å². The second-order valence-corrected chi connectivity index (χ2v) is 11.3. The molecule has 3 N–H and O–H groups in total. The molecule has 2 aliphatic rings. The van der Waals surface area contributed by atoms with E-state index in [1.54, 1.807) is 0 Å². The van der Waals surface area contributed by atoms with Crippen LogP contribution in [0.25, 0.3) is 0 Å². The normalized spacial score (nSPS) is 20.7. The van der Waals surface area contributed by atoms with Gasteiger partial charge >= 0.3 is 0 Å². The maximum atomic E-state index is 10.8. The fraction of sp³-hybridized carbons (Fsp3) is 0.625. The molecule has 6 heteroatoms. The Labute approximate surface area is 229 Å². The molecule has 3 rings (SSSR count). The number of fused-ring (bicyclic) bond motifs is 1. The molecular formula is C32H49NO5. The molecule has 1 atom stereocenters. The lowest BCUT2D eigenvalue weighted by molar-refractivity contribution is 0.0327. The molecule has 0 aliphatic carbocycles. The number of aliphatic hydroxyl groups excluding tert-OH is 2. The summed E-state index contributed by atoms with van der Waals surface area (Å²) in [5.41, 5.74) is 6.46. The lowest BCUT2D eigenvalue weighted by Crippen LogP contribution is -2.38. The van der Waals surface area contributed by atoms with Crippen molar-refractivity contribution in [1.29, 1.82) is 0 Å². The van der Waals surface area contributed by atoms with Crippen LogP contribution >= 0.6 is 0 Å². The first kappa shape index (κ1) is 30.4. The molecule has 6 nitrogen and oxygen atoms in total. The number of ether oxygens (including phenoxy) is 2. The second kappa shape index (κ2) is 14.9. The SMILES string of the molecule is C/C(=C\CC/C(C)=C/CCC1(C)CCc2c(CN3CCOCC3)c(O)cc(C)c2O1)CCC=C(CO)CO. The van der Waals surface area contributed by atoms with Crippen LogP contribution in [0, 0.1) is 6.92 Å². The molecule has 0 radical (unpaired) electrons. The molecule has 2 aliphatic heterocycles. The van der Waals surface area contributed by atoms with Gasteiger partial charge in [0.25, 0.3) is 0 Å². The quantitative estimate of drug-likeness (QED) is 0.283. The van der Waals surface area contributed by atoms with Crippen molar-refractivity contribution in [2.75, 3.05) is 39.5 Å². The predicted octanol–water partition coefficient (Wildman–Crippen LogP) is 5.76. The van der Waals surface area contributed by atoms with E-state index >= 15 is 0 Å². The summed E-state index contributed by atoms with van der Waals surface area (Å²) in [6.45, 7) is 12.5. The summed E-state index contributed by atoms with van der Waals surface area (Å²) < 4.78 is 12.2. The number of morpholine rings is 1. The number of phenols is 1. The third kappa shape index (κ3) is 8.98. The van der Waals surface area contributed by atoms with E-state index in [4.69, 9.17) is 19.7 Å². The van der Waals surface area contributed by atoms with Crippen molar-refractivity contribution in [3.63, 3.8) is 0 Å². The number of nitrogens with zero attached hydrogens (tertiary/aromatic N) is 1. The Balaban J connectivity index is 1.51. The van der Waals surface area contributed by atoms with Gasteiger partial charge in [-0.1, -0.05) is 29.4 Å². The standard InChI is InChI=1S/C32H49NO5/c1-24(10-6-12-27(22-34)23-35)8-5-9-25(2)11-7-14-32(4)15-13-28-29(21-33-16-18-37-19-17-33)30(36)20-26(3)31(28)38-32/h8,11-12,20,34-36H,5-7,9-10,13-19,21-23H2,1-4H3/b24-8+,25-11+. The Morgan fingerprint density at radius 2 is 1.63 bits per heavy atom. The van der Waals surface area contributed by atoms with Gasteiger partial charge in [0.2, 0.25) is 0 Å². The zero-order chi connectivity index (χ0) is 27.5. The van der Waals surface area contributed by atoms with Crippen LogP contribution in [-0.4, -0.2) is 65.3 Å². The smallest absolute Gasteiger partial charge is 0.126 e. The van der Waals surface area contributed by atoms with Gasteiger partial charge in [-0.25, -0.2) is 0 Å². The lowest BCUT2D eigenvalue weighted by atomic mass is 9.85. The van der Waals surface area contributed by atoms with E-state index < -0.39 is 0 Å². The highest BCUT2D eigenvalue weighted by Crippen LogP contribution is 2.43. The lowest BCUT2D eigenvalue weighted by Gasteiger charge is -2.38. The van der Waals surface area contributed by atoms with Crippen LogP contribution in [-0.2, 0) is 17.7 Å². The molecule has 2 heterocycles. The van der Waals surface area contributed by atoms with Gasteiger partial charge in [0.1, 0.15) is 17.1 Å². The number of aryl methyl sites for hydroxylation is 1. The molecule has 1 aromatic rings. The molecule has 1 aromatic carbocycles. The number of hydrogen-bond acceptors (Lipinski definition) is 6. The summed E-state index contributed by atoms with van der Waals surface area (Å²) in [4.78, 5) is 2.35. The molecule has 1 fully saturated rings. The van der Waals surface area contributed by atoms with Crippen LogP contribution in [0.3, 0.4) is 0 Å². The minimum atomic E-state index is -0.201. The zero-order valence-electron chi connectivity index (χ0n) is 24.0. The molecule has 1 saturated heterocycles. The van der Waals surface area contributed by atoms with Gasteiger partial charge in [0, 0.05) is 30.8 Å². The van der Waals surface area contributed by atoms with E-state index in [0.29, 0.717) is 11.3 Å². The number of phenolic OH excluding ortho intramolecular Hbond substituents is 1. The Bertz CT molecular complexity index is 1000. The van der Waals surface area contributed by atoms with Crippen LogP contribution in [0.1, 0.15) is 82.4 Å². The number of allylic oxidation sites excluding steroid dienone is 5. The van der Waals surface area contributed by atoms with E-state index in [1.807, 2.05) is 19.1 Å². The molecule has 0 bridgehead atoms. The van der Waals surface area contributed by atoms with E-state index in [9.17, 15) is 5.11 Å². The van der Waals surface area contributed by atoms with Crippen molar-refractivity contribution < 1.29 is 24.8 Å². The fourth-order valence-electron chi connectivity index (χ4n) is 5.37. The Kier molecular flexibility index (Phi) is 11.9. The topological polar surface area (TPSA) is 82.4 Å². The summed E-state index contributed by atoms with van der Waals surface area (Å²) in [5.74, 6) is 1.36.